The summed E-state index contributed by atoms with van der Waals surface area (Å²) < 4.78 is 33.1. The quantitative estimate of drug-likeness (QED) is 0.674. The van der Waals surface area contributed by atoms with Crippen molar-refractivity contribution in [2.45, 2.75) is 46.0 Å². The van der Waals surface area contributed by atoms with Crippen molar-refractivity contribution < 1.29 is 13.5 Å². The molecule has 0 saturated carbocycles. The number of nitrogens with zero attached hydrogens (tertiary/aromatic N) is 1. The number of hydrogen-bond acceptors (Lipinski definition) is 3. The number of ether oxygens (including phenoxy) is 1. The molecule has 130 valence electrons. The van der Waals surface area contributed by atoms with E-state index in [4.69, 9.17) is 4.74 Å². The van der Waals surface area contributed by atoms with Crippen LogP contribution < -0.4 is 10.1 Å². The second-order valence-corrected chi connectivity index (χ2v) is 5.61. The second kappa shape index (κ2) is 8.08. The average molecular weight is 334 g/mol. The molecule has 0 saturated heterocycles. The topological polar surface area (TPSA) is 34.1 Å². The Kier molecular flexibility index (Phi) is 6.12. The Labute approximate surface area is 142 Å². The van der Waals surface area contributed by atoms with Gasteiger partial charge in [0.2, 0.25) is 5.88 Å². The lowest BCUT2D eigenvalue weighted by molar-refractivity contribution is -0.00826. The van der Waals surface area contributed by atoms with Crippen LogP contribution in [0.2, 0.25) is 0 Å². The van der Waals surface area contributed by atoms with E-state index in [0.29, 0.717) is 12.5 Å². The fraction of sp³-hybridized carbons (Fsp3) is 0.421. The Morgan fingerprint density at radius 1 is 1.08 bits per heavy atom. The van der Waals surface area contributed by atoms with Crippen molar-refractivity contribution in [1.82, 2.24) is 4.98 Å². The van der Waals surface area contributed by atoms with Gasteiger partial charge in [0.15, 0.2) is 0 Å². The minimum absolute atomic E-state index is 0.0277. The maximum Gasteiger partial charge on any atom is 0.273 e. The zero-order chi connectivity index (χ0) is 17.6. The first-order valence-corrected chi connectivity index (χ1v) is 8.37. The molecule has 0 bridgehead atoms. The lowest BCUT2D eigenvalue weighted by Gasteiger charge is -2.17. The van der Waals surface area contributed by atoms with Gasteiger partial charge >= 0.3 is 0 Å². The SMILES string of the molecule is CCCOc1nccc(CC)c1Nc1ccc(C(F)(F)CC)cc1. The van der Waals surface area contributed by atoms with Crippen molar-refractivity contribution in [1.29, 1.82) is 0 Å². The van der Waals surface area contributed by atoms with Gasteiger partial charge < -0.3 is 10.1 Å². The van der Waals surface area contributed by atoms with Gasteiger partial charge in [-0.25, -0.2) is 13.8 Å². The molecule has 0 atom stereocenters. The summed E-state index contributed by atoms with van der Waals surface area (Å²) in [4.78, 5) is 4.29. The van der Waals surface area contributed by atoms with Crippen LogP contribution in [0.25, 0.3) is 0 Å². The van der Waals surface area contributed by atoms with Crippen molar-refractivity contribution in [3.63, 3.8) is 0 Å². The van der Waals surface area contributed by atoms with Gasteiger partial charge in [0.1, 0.15) is 5.69 Å². The molecule has 0 aliphatic carbocycles. The molecule has 1 aromatic heterocycles. The van der Waals surface area contributed by atoms with Crippen LogP contribution in [0.1, 0.15) is 44.7 Å². The summed E-state index contributed by atoms with van der Waals surface area (Å²) in [5.41, 5.74) is 2.62. The Morgan fingerprint density at radius 2 is 1.79 bits per heavy atom. The molecule has 1 N–H and O–H groups in total. The second-order valence-electron chi connectivity index (χ2n) is 5.61. The van der Waals surface area contributed by atoms with E-state index in [0.717, 1.165) is 29.8 Å². The zero-order valence-electron chi connectivity index (χ0n) is 14.4. The maximum atomic E-state index is 13.7. The number of alkyl halides is 2. The number of pyridine rings is 1. The number of nitrogens with one attached hydrogen (secondary N) is 1. The molecule has 0 amide bonds. The van der Waals surface area contributed by atoms with Gasteiger partial charge in [-0.15, -0.1) is 0 Å². The van der Waals surface area contributed by atoms with Crippen LogP contribution in [0, 0.1) is 0 Å². The Balaban J connectivity index is 2.27. The van der Waals surface area contributed by atoms with Gasteiger partial charge in [-0.05, 0) is 36.6 Å². The number of aromatic nitrogens is 1. The van der Waals surface area contributed by atoms with Crippen LogP contribution in [0.3, 0.4) is 0 Å². The molecule has 0 aliphatic heterocycles. The lowest BCUT2D eigenvalue weighted by atomic mass is 10.1. The highest BCUT2D eigenvalue weighted by atomic mass is 19.3. The number of hydrogen-bond donors (Lipinski definition) is 1. The predicted molar refractivity (Wildman–Crippen MR) is 93.3 cm³/mol. The number of aryl methyl sites for hydroxylation is 1. The lowest BCUT2D eigenvalue weighted by Crippen LogP contribution is -2.11. The third kappa shape index (κ3) is 4.22. The van der Waals surface area contributed by atoms with Crippen molar-refractivity contribution in [2.75, 3.05) is 11.9 Å². The third-order valence-electron chi connectivity index (χ3n) is 3.85. The highest BCUT2D eigenvalue weighted by Gasteiger charge is 2.28. The van der Waals surface area contributed by atoms with Gasteiger partial charge in [0.25, 0.3) is 5.92 Å². The van der Waals surface area contributed by atoms with E-state index < -0.39 is 5.92 Å². The van der Waals surface area contributed by atoms with Crippen molar-refractivity contribution >= 4 is 11.4 Å². The van der Waals surface area contributed by atoms with E-state index in [1.165, 1.54) is 19.1 Å². The van der Waals surface area contributed by atoms with Gasteiger partial charge in [0.05, 0.1) is 6.61 Å². The first kappa shape index (κ1) is 18.2. The molecule has 0 spiro atoms. The molecule has 1 aromatic carbocycles. The van der Waals surface area contributed by atoms with Gasteiger partial charge in [-0.2, -0.15) is 0 Å². The molecule has 0 radical (unpaired) electrons. The van der Waals surface area contributed by atoms with Gasteiger partial charge in [-0.1, -0.05) is 32.9 Å². The normalized spacial score (nSPS) is 11.4. The fourth-order valence-corrected chi connectivity index (χ4v) is 2.36. The van der Waals surface area contributed by atoms with E-state index >= 15 is 0 Å². The molecule has 1 heterocycles. The van der Waals surface area contributed by atoms with E-state index in [1.54, 1.807) is 18.3 Å². The summed E-state index contributed by atoms with van der Waals surface area (Å²) >= 11 is 0. The van der Waals surface area contributed by atoms with Crippen LogP contribution in [0.5, 0.6) is 5.88 Å². The van der Waals surface area contributed by atoms with Crippen LogP contribution >= 0.6 is 0 Å². The van der Waals surface area contributed by atoms with Crippen LogP contribution in [-0.4, -0.2) is 11.6 Å². The van der Waals surface area contributed by atoms with Crippen LogP contribution in [0.4, 0.5) is 20.2 Å². The Morgan fingerprint density at radius 3 is 2.38 bits per heavy atom. The van der Waals surface area contributed by atoms with Crippen molar-refractivity contribution in [3.05, 3.63) is 47.7 Å². The Bertz CT molecular complexity index is 657. The molecule has 0 fully saturated rings. The van der Waals surface area contributed by atoms with Gasteiger partial charge in [-0.3, -0.25) is 0 Å². The van der Waals surface area contributed by atoms with E-state index in [-0.39, 0.29) is 12.0 Å². The van der Waals surface area contributed by atoms with Crippen LogP contribution in [0.15, 0.2) is 36.5 Å². The van der Waals surface area contributed by atoms with Gasteiger partial charge in [0, 0.05) is 23.9 Å². The summed E-state index contributed by atoms with van der Waals surface area (Å²) in [7, 11) is 0. The van der Waals surface area contributed by atoms with E-state index in [2.05, 4.69) is 17.2 Å². The molecular formula is C19H24F2N2O. The molecule has 2 aromatic rings. The molecular weight excluding hydrogens is 310 g/mol. The molecule has 5 heteroatoms. The summed E-state index contributed by atoms with van der Waals surface area (Å²) in [5, 5.41) is 3.27. The highest BCUT2D eigenvalue weighted by Crippen LogP contribution is 2.34. The minimum atomic E-state index is -2.79. The zero-order valence-corrected chi connectivity index (χ0v) is 14.4. The standard InChI is InChI=1S/C19H24F2N2O/c1-4-13-24-18-17(14(5-2)11-12-22-18)23-16-9-7-15(8-10-16)19(20,21)6-3/h7-12,23H,4-6,13H2,1-3H3. The summed E-state index contributed by atoms with van der Waals surface area (Å²) in [6, 6.07) is 8.17. The van der Waals surface area contributed by atoms with E-state index in [9.17, 15) is 8.78 Å². The van der Waals surface area contributed by atoms with Crippen LogP contribution in [-0.2, 0) is 12.3 Å². The molecule has 0 unspecified atom stereocenters. The summed E-state index contributed by atoms with van der Waals surface area (Å²) in [5.74, 6) is -2.25. The number of rotatable bonds is 8. The average Bonchev–Trinajstić information content (AvgIpc) is 2.61. The summed E-state index contributed by atoms with van der Waals surface area (Å²) in [6.45, 7) is 6.14. The minimum Gasteiger partial charge on any atom is -0.476 e. The highest BCUT2D eigenvalue weighted by molar-refractivity contribution is 5.68. The smallest absolute Gasteiger partial charge is 0.273 e. The third-order valence-corrected chi connectivity index (χ3v) is 3.85. The number of halogens is 2. The number of benzene rings is 1. The predicted octanol–water partition coefficient (Wildman–Crippen LogP) is 5.68. The summed E-state index contributed by atoms with van der Waals surface area (Å²) in [6.07, 6.45) is 3.22. The maximum absolute atomic E-state index is 13.7. The fourth-order valence-electron chi connectivity index (χ4n) is 2.36. The van der Waals surface area contributed by atoms with Crippen molar-refractivity contribution in [3.8, 4) is 5.88 Å². The monoisotopic (exact) mass is 334 g/mol. The molecule has 24 heavy (non-hydrogen) atoms. The largest absolute Gasteiger partial charge is 0.476 e. The molecule has 2 rings (SSSR count). The first-order chi connectivity index (χ1) is 11.5. The number of anilines is 2. The molecule has 0 aliphatic rings. The van der Waals surface area contributed by atoms with E-state index in [1.807, 2.05) is 13.0 Å². The molecule has 3 nitrogen and oxygen atoms in total. The van der Waals surface area contributed by atoms with Crippen molar-refractivity contribution in [2.24, 2.45) is 0 Å². The Hall–Kier alpha value is -2.17. The first-order valence-electron chi connectivity index (χ1n) is 8.37.